The molecule has 3 nitrogen and oxygen atoms in total. The molecule has 2 aromatic carbocycles. The van der Waals surface area contributed by atoms with Crippen LogP contribution in [-0.4, -0.2) is 15.0 Å². The summed E-state index contributed by atoms with van der Waals surface area (Å²) in [5.41, 5.74) is 1.72. The van der Waals surface area contributed by atoms with Crippen LogP contribution in [0.1, 0.15) is 12.5 Å². The summed E-state index contributed by atoms with van der Waals surface area (Å²) in [7, 11) is -3.54. The van der Waals surface area contributed by atoms with Crippen LogP contribution in [0.25, 0.3) is 0 Å². The van der Waals surface area contributed by atoms with Crippen molar-refractivity contribution < 1.29 is 8.42 Å². The fraction of sp³-hybridized carbons (Fsp3) is 0.200. The van der Waals surface area contributed by atoms with Crippen LogP contribution in [0.5, 0.6) is 0 Å². The molecule has 0 aliphatic rings. The average Bonchev–Trinajstić information content (AvgIpc) is 2.39. The molecular weight excluding hydrogens is 338 g/mol. The maximum Gasteiger partial charge on any atom is 0.264 e. The van der Waals surface area contributed by atoms with E-state index in [0.717, 1.165) is 10.0 Å². The minimum absolute atomic E-state index is 0.287. The van der Waals surface area contributed by atoms with Crippen molar-refractivity contribution in [2.75, 3.05) is 10.8 Å². The first kappa shape index (κ1) is 15.1. The topological polar surface area (TPSA) is 37.4 Å². The van der Waals surface area contributed by atoms with E-state index < -0.39 is 10.0 Å². The van der Waals surface area contributed by atoms with Gasteiger partial charge in [-0.3, -0.25) is 4.31 Å². The maximum absolute atomic E-state index is 12.7. The molecule has 2 aromatic rings. The van der Waals surface area contributed by atoms with Gasteiger partial charge in [0, 0.05) is 11.0 Å². The zero-order valence-electron chi connectivity index (χ0n) is 11.4. The van der Waals surface area contributed by atoms with Crippen molar-refractivity contribution in [3.8, 4) is 0 Å². The summed E-state index contributed by atoms with van der Waals surface area (Å²) in [6, 6.07) is 14.3. The Labute approximate surface area is 128 Å². The number of rotatable bonds is 4. The minimum Gasteiger partial charge on any atom is -0.267 e. The van der Waals surface area contributed by atoms with Gasteiger partial charge in [0.1, 0.15) is 0 Å². The SMILES string of the molecule is CCN(c1cccc(C)c1)S(=O)(=O)c1cccc(Br)c1. The largest absolute Gasteiger partial charge is 0.267 e. The van der Waals surface area contributed by atoms with Gasteiger partial charge in [0.25, 0.3) is 10.0 Å². The molecule has 0 aromatic heterocycles. The van der Waals surface area contributed by atoms with Gasteiger partial charge in [-0.05, 0) is 49.7 Å². The van der Waals surface area contributed by atoms with E-state index in [1.807, 2.05) is 44.2 Å². The number of hydrogen-bond acceptors (Lipinski definition) is 2. The second-order valence-electron chi connectivity index (χ2n) is 4.47. The number of sulfonamides is 1. The van der Waals surface area contributed by atoms with E-state index in [9.17, 15) is 8.42 Å². The van der Waals surface area contributed by atoms with Gasteiger partial charge < -0.3 is 0 Å². The summed E-state index contributed by atoms with van der Waals surface area (Å²) in [4.78, 5) is 0.287. The minimum atomic E-state index is -3.54. The van der Waals surface area contributed by atoms with Crippen molar-refractivity contribution in [3.05, 3.63) is 58.6 Å². The highest BCUT2D eigenvalue weighted by Gasteiger charge is 2.23. The molecular formula is C15H16BrNO2S. The fourth-order valence-corrected chi connectivity index (χ4v) is 4.09. The quantitative estimate of drug-likeness (QED) is 0.833. The molecule has 5 heteroatoms. The summed E-state index contributed by atoms with van der Waals surface area (Å²) in [5, 5.41) is 0. The molecule has 2 rings (SSSR count). The highest BCUT2D eigenvalue weighted by atomic mass is 79.9. The third-order valence-electron chi connectivity index (χ3n) is 2.96. The smallest absolute Gasteiger partial charge is 0.264 e. The van der Waals surface area contributed by atoms with E-state index in [-0.39, 0.29) is 4.90 Å². The Morgan fingerprint density at radius 1 is 1.10 bits per heavy atom. The Balaban J connectivity index is 2.50. The lowest BCUT2D eigenvalue weighted by Gasteiger charge is -2.23. The first-order chi connectivity index (χ1) is 9.45. The molecule has 0 spiro atoms. The lowest BCUT2D eigenvalue weighted by molar-refractivity contribution is 0.592. The van der Waals surface area contributed by atoms with Crippen LogP contribution in [0.2, 0.25) is 0 Å². The molecule has 0 aliphatic carbocycles. The summed E-state index contributed by atoms with van der Waals surface area (Å²) in [5.74, 6) is 0. The van der Waals surface area contributed by atoms with Crippen LogP contribution in [0.3, 0.4) is 0 Å². The number of nitrogens with zero attached hydrogens (tertiary/aromatic N) is 1. The number of halogens is 1. The molecule has 0 fully saturated rings. The van der Waals surface area contributed by atoms with Crippen LogP contribution in [-0.2, 0) is 10.0 Å². The first-order valence-electron chi connectivity index (χ1n) is 6.30. The Bertz CT molecular complexity index is 713. The van der Waals surface area contributed by atoms with E-state index >= 15 is 0 Å². The van der Waals surface area contributed by atoms with Gasteiger partial charge in [-0.25, -0.2) is 8.42 Å². The van der Waals surface area contributed by atoms with Gasteiger partial charge in [-0.15, -0.1) is 0 Å². The highest BCUT2D eigenvalue weighted by Crippen LogP contribution is 2.25. The molecule has 0 amide bonds. The second-order valence-corrected chi connectivity index (χ2v) is 7.24. The van der Waals surface area contributed by atoms with Crippen molar-refractivity contribution in [2.24, 2.45) is 0 Å². The molecule has 0 saturated heterocycles. The normalized spacial score (nSPS) is 11.3. The second kappa shape index (κ2) is 5.97. The number of aryl methyl sites for hydroxylation is 1. The van der Waals surface area contributed by atoms with E-state index in [0.29, 0.717) is 12.2 Å². The van der Waals surface area contributed by atoms with Gasteiger partial charge in [0.05, 0.1) is 10.6 Å². The predicted octanol–water partition coefficient (Wildman–Crippen LogP) is 3.97. The van der Waals surface area contributed by atoms with Gasteiger partial charge in [-0.2, -0.15) is 0 Å². The van der Waals surface area contributed by atoms with E-state index in [1.165, 1.54) is 4.31 Å². The third kappa shape index (κ3) is 3.04. The van der Waals surface area contributed by atoms with Crippen LogP contribution in [0, 0.1) is 6.92 Å². The van der Waals surface area contributed by atoms with Crippen LogP contribution in [0.15, 0.2) is 57.9 Å². The molecule has 0 aliphatic heterocycles. The predicted molar refractivity (Wildman–Crippen MR) is 85.5 cm³/mol. The lowest BCUT2D eigenvalue weighted by atomic mass is 10.2. The molecule has 0 saturated carbocycles. The third-order valence-corrected chi connectivity index (χ3v) is 5.35. The maximum atomic E-state index is 12.7. The molecule has 0 N–H and O–H groups in total. The van der Waals surface area contributed by atoms with Gasteiger partial charge in [0.2, 0.25) is 0 Å². The van der Waals surface area contributed by atoms with Crippen molar-refractivity contribution in [1.82, 2.24) is 0 Å². The van der Waals surface area contributed by atoms with Crippen LogP contribution < -0.4 is 4.31 Å². The van der Waals surface area contributed by atoms with Crippen LogP contribution in [0.4, 0.5) is 5.69 Å². The molecule has 0 bridgehead atoms. The average molecular weight is 354 g/mol. The first-order valence-corrected chi connectivity index (χ1v) is 8.53. The van der Waals surface area contributed by atoms with E-state index in [2.05, 4.69) is 15.9 Å². The molecule has 0 heterocycles. The van der Waals surface area contributed by atoms with Gasteiger partial charge in [0.15, 0.2) is 0 Å². The Morgan fingerprint density at radius 3 is 2.40 bits per heavy atom. The summed E-state index contributed by atoms with van der Waals surface area (Å²) >= 11 is 3.31. The van der Waals surface area contributed by atoms with Crippen molar-refractivity contribution in [1.29, 1.82) is 0 Å². The van der Waals surface area contributed by atoms with E-state index in [4.69, 9.17) is 0 Å². The Morgan fingerprint density at radius 2 is 1.80 bits per heavy atom. The van der Waals surface area contributed by atoms with Crippen molar-refractivity contribution in [3.63, 3.8) is 0 Å². The van der Waals surface area contributed by atoms with Gasteiger partial charge in [-0.1, -0.05) is 34.1 Å². The molecule has 20 heavy (non-hydrogen) atoms. The molecule has 0 unspecified atom stereocenters. The Hall–Kier alpha value is -1.33. The van der Waals surface area contributed by atoms with Crippen molar-refractivity contribution in [2.45, 2.75) is 18.7 Å². The zero-order chi connectivity index (χ0) is 14.8. The van der Waals surface area contributed by atoms with Gasteiger partial charge >= 0.3 is 0 Å². The molecule has 0 atom stereocenters. The number of benzene rings is 2. The highest BCUT2D eigenvalue weighted by molar-refractivity contribution is 9.10. The van der Waals surface area contributed by atoms with Crippen molar-refractivity contribution >= 4 is 31.6 Å². The lowest BCUT2D eigenvalue weighted by Crippen LogP contribution is -2.30. The number of anilines is 1. The summed E-state index contributed by atoms with van der Waals surface area (Å²) < 4.78 is 27.6. The standard InChI is InChI=1S/C15H16BrNO2S/c1-3-17(14-8-4-6-12(2)10-14)20(18,19)15-9-5-7-13(16)11-15/h4-11H,3H2,1-2H3. The zero-order valence-corrected chi connectivity index (χ0v) is 13.8. The monoisotopic (exact) mass is 353 g/mol. The van der Waals surface area contributed by atoms with E-state index in [1.54, 1.807) is 18.2 Å². The summed E-state index contributed by atoms with van der Waals surface area (Å²) in [6.07, 6.45) is 0. The number of hydrogen-bond donors (Lipinski definition) is 0. The summed E-state index contributed by atoms with van der Waals surface area (Å²) in [6.45, 7) is 4.17. The Kier molecular flexibility index (Phi) is 4.50. The fourth-order valence-electron chi connectivity index (χ4n) is 2.03. The molecule has 106 valence electrons. The van der Waals surface area contributed by atoms with Crippen LogP contribution >= 0.6 is 15.9 Å². The molecule has 0 radical (unpaired) electrons.